The highest BCUT2D eigenvalue weighted by Gasteiger charge is 2.10. The maximum atomic E-state index is 11.6. The van der Waals surface area contributed by atoms with E-state index in [4.69, 9.17) is 0 Å². The van der Waals surface area contributed by atoms with Gasteiger partial charge >= 0.3 is 0 Å². The predicted molar refractivity (Wildman–Crippen MR) is 107 cm³/mol. The first-order valence-electron chi connectivity index (χ1n) is 8.64. The fraction of sp³-hybridized carbons (Fsp3) is 0.150. The Kier molecular flexibility index (Phi) is 4.93. The van der Waals surface area contributed by atoms with Crippen molar-refractivity contribution in [2.75, 3.05) is 18.1 Å². The lowest BCUT2D eigenvalue weighted by atomic mass is 10.1. The summed E-state index contributed by atoms with van der Waals surface area (Å²) < 4.78 is 13.4. The van der Waals surface area contributed by atoms with Crippen LogP contribution in [0.5, 0.6) is 0 Å². The van der Waals surface area contributed by atoms with Crippen LogP contribution in [-0.4, -0.2) is 36.6 Å². The fourth-order valence-electron chi connectivity index (χ4n) is 2.88. The molecule has 0 radical (unpaired) electrons. The molecular formula is C20H19N5OS. The third-order valence-corrected chi connectivity index (χ3v) is 5.19. The van der Waals surface area contributed by atoms with Crippen LogP contribution in [0, 0.1) is 0 Å². The Morgan fingerprint density at radius 1 is 1.07 bits per heavy atom. The highest BCUT2D eigenvalue weighted by atomic mass is 32.2. The van der Waals surface area contributed by atoms with Gasteiger partial charge in [-0.25, -0.2) is 4.52 Å². The molecular weight excluding hydrogens is 358 g/mol. The zero-order valence-electron chi connectivity index (χ0n) is 14.9. The van der Waals surface area contributed by atoms with Gasteiger partial charge in [-0.15, -0.1) is 5.10 Å². The number of aromatic nitrogens is 4. The van der Waals surface area contributed by atoms with Crippen molar-refractivity contribution in [2.24, 2.45) is 0 Å². The van der Waals surface area contributed by atoms with Crippen molar-refractivity contribution in [2.45, 2.75) is 11.3 Å². The molecule has 0 amide bonds. The van der Waals surface area contributed by atoms with Gasteiger partial charge in [-0.3, -0.25) is 9.19 Å². The molecule has 3 aromatic heterocycles. The minimum Gasteiger partial charge on any atom is -0.353 e. The number of fused-ring (bicyclic) bond motifs is 1. The summed E-state index contributed by atoms with van der Waals surface area (Å²) in [6.07, 6.45) is 6.16. The third kappa shape index (κ3) is 3.88. The van der Waals surface area contributed by atoms with Crippen molar-refractivity contribution in [3.05, 3.63) is 72.7 Å². The van der Waals surface area contributed by atoms with Crippen molar-refractivity contribution in [1.82, 2.24) is 19.6 Å². The SMILES string of the molecule is CS(=O)c1ccc(-c2cccn3nc(NCCc4ccccn4)nc23)cc1. The lowest BCUT2D eigenvalue weighted by Gasteiger charge is -2.04. The van der Waals surface area contributed by atoms with Gasteiger partial charge in [0.25, 0.3) is 0 Å². The molecule has 6 nitrogen and oxygen atoms in total. The van der Waals surface area contributed by atoms with Gasteiger partial charge in [-0.1, -0.05) is 18.2 Å². The molecule has 1 unspecified atom stereocenters. The van der Waals surface area contributed by atoms with E-state index in [2.05, 4.69) is 20.4 Å². The van der Waals surface area contributed by atoms with Gasteiger partial charge in [0, 0.05) is 58.6 Å². The van der Waals surface area contributed by atoms with Gasteiger partial charge in [-0.2, -0.15) is 4.98 Å². The summed E-state index contributed by atoms with van der Waals surface area (Å²) in [6.45, 7) is 0.709. The first kappa shape index (κ1) is 17.4. The maximum absolute atomic E-state index is 11.6. The van der Waals surface area contributed by atoms with Crippen LogP contribution in [0.1, 0.15) is 5.69 Å². The molecule has 136 valence electrons. The van der Waals surface area contributed by atoms with Gasteiger partial charge in [0.15, 0.2) is 5.65 Å². The van der Waals surface area contributed by atoms with E-state index in [0.717, 1.165) is 33.8 Å². The number of hydrogen-bond donors (Lipinski definition) is 1. The number of nitrogens with one attached hydrogen (secondary N) is 1. The summed E-state index contributed by atoms with van der Waals surface area (Å²) in [5.74, 6) is 0.588. The Bertz CT molecular complexity index is 1080. The normalized spacial score (nSPS) is 12.2. The highest BCUT2D eigenvalue weighted by Crippen LogP contribution is 2.25. The molecule has 0 fully saturated rings. The average molecular weight is 377 g/mol. The van der Waals surface area contributed by atoms with E-state index in [9.17, 15) is 4.21 Å². The van der Waals surface area contributed by atoms with Crippen molar-refractivity contribution in [1.29, 1.82) is 0 Å². The zero-order chi connectivity index (χ0) is 18.6. The molecule has 1 atom stereocenters. The van der Waals surface area contributed by atoms with E-state index >= 15 is 0 Å². The first-order chi connectivity index (χ1) is 13.2. The standard InChI is InChI=1S/C20H19N5OS/c1-27(26)17-9-7-15(8-10-17)18-6-4-14-25-19(18)23-20(24-25)22-13-11-16-5-2-3-12-21-16/h2-10,12,14H,11,13H2,1H3,(H,22,24). The Morgan fingerprint density at radius 3 is 2.67 bits per heavy atom. The molecule has 0 aliphatic carbocycles. The van der Waals surface area contributed by atoms with E-state index in [1.165, 1.54) is 0 Å². The van der Waals surface area contributed by atoms with E-state index < -0.39 is 10.8 Å². The van der Waals surface area contributed by atoms with Crippen LogP contribution in [0.15, 0.2) is 71.9 Å². The van der Waals surface area contributed by atoms with Crippen molar-refractivity contribution in [3.63, 3.8) is 0 Å². The molecule has 0 saturated heterocycles. The summed E-state index contributed by atoms with van der Waals surface area (Å²) in [6, 6.07) is 17.6. The number of hydrogen-bond acceptors (Lipinski definition) is 5. The Hall–Kier alpha value is -3.06. The molecule has 27 heavy (non-hydrogen) atoms. The van der Waals surface area contributed by atoms with Crippen LogP contribution >= 0.6 is 0 Å². The molecule has 3 heterocycles. The van der Waals surface area contributed by atoms with E-state index in [0.29, 0.717) is 12.5 Å². The largest absolute Gasteiger partial charge is 0.353 e. The molecule has 4 rings (SSSR count). The van der Waals surface area contributed by atoms with Crippen molar-refractivity contribution >= 4 is 22.4 Å². The number of benzene rings is 1. The summed E-state index contributed by atoms with van der Waals surface area (Å²) in [5, 5.41) is 7.76. The second-order valence-corrected chi connectivity index (χ2v) is 7.48. The molecule has 7 heteroatoms. The second-order valence-electron chi connectivity index (χ2n) is 6.10. The highest BCUT2D eigenvalue weighted by molar-refractivity contribution is 7.84. The van der Waals surface area contributed by atoms with Gasteiger partial charge in [0.2, 0.25) is 5.95 Å². The van der Waals surface area contributed by atoms with Gasteiger partial charge in [0.05, 0.1) is 0 Å². The van der Waals surface area contributed by atoms with E-state index in [-0.39, 0.29) is 0 Å². The second kappa shape index (κ2) is 7.67. The lowest BCUT2D eigenvalue weighted by Crippen LogP contribution is -2.07. The summed E-state index contributed by atoms with van der Waals surface area (Å²) in [5.41, 5.74) is 3.81. The number of anilines is 1. The van der Waals surface area contributed by atoms with E-state index in [1.807, 2.05) is 60.8 Å². The van der Waals surface area contributed by atoms with Crippen LogP contribution in [0.25, 0.3) is 16.8 Å². The minimum absolute atomic E-state index is 0.588. The predicted octanol–water partition coefficient (Wildman–Crippen LogP) is 3.18. The smallest absolute Gasteiger partial charge is 0.243 e. The molecule has 4 aromatic rings. The lowest BCUT2D eigenvalue weighted by molar-refractivity contribution is 0.687. The Morgan fingerprint density at radius 2 is 1.93 bits per heavy atom. The molecule has 0 aliphatic heterocycles. The summed E-state index contributed by atoms with van der Waals surface area (Å²) >= 11 is 0. The summed E-state index contributed by atoms with van der Waals surface area (Å²) in [7, 11) is -0.985. The van der Waals surface area contributed by atoms with E-state index in [1.54, 1.807) is 17.0 Å². The number of pyridine rings is 2. The zero-order valence-corrected chi connectivity index (χ0v) is 15.7. The first-order valence-corrected chi connectivity index (χ1v) is 10.2. The van der Waals surface area contributed by atoms with Gasteiger partial charge < -0.3 is 5.32 Å². The Labute approximate surface area is 159 Å². The van der Waals surface area contributed by atoms with Crippen LogP contribution in [0.3, 0.4) is 0 Å². The molecule has 0 bridgehead atoms. The molecule has 0 spiro atoms. The molecule has 1 N–H and O–H groups in total. The van der Waals surface area contributed by atoms with Crippen LogP contribution < -0.4 is 5.32 Å². The topological polar surface area (TPSA) is 72.2 Å². The molecule has 0 saturated carbocycles. The van der Waals surface area contributed by atoms with Crippen LogP contribution in [0.4, 0.5) is 5.95 Å². The quantitative estimate of drug-likeness (QED) is 0.559. The van der Waals surface area contributed by atoms with Gasteiger partial charge in [-0.05, 0) is 42.0 Å². The monoisotopic (exact) mass is 377 g/mol. The molecule has 1 aromatic carbocycles. The van der Waals surface area contributed by atoms with Crippen molar-refractivity contribution < 1.29 is 4.21 Å². The number of nitrogens with zero attached hydrogens (tertiary/aromatic N) is 4. The number of rotatable bonds is 6. The third-order valence-electron chi connectivity index (χ3n) is 4.25. The van der Waals surface area contributed by atoms with Crippen molar-refractivity contribution in [3.8, 4) is 11.1 Å². The Balaban J connectivity index is 1.55. The minimum atomic E-state index is -0.985. The molecule has 0 aliphatic rings. The van der Waals surface area contributed by atoms with Crippen LogP contribution in [-0.2, 0) is 17.2 Å². The average Bonchev–Trinajstić information content (AvgIpc) is 3.12. The fourth-order valence-corrected chi connectivity index (χ4v) is 3.40. The van der Waals surface area contributed by atoms with Crippen LogP contribution in [0.2, 0.25) is 0 Å². The summed E-state index contributed by atoms with van der Waals surface area (Å²) in [4.78, 5) is 9.77. The van der Waals surface area contributed by atoms with Gasteiger partial charge in [0.1, 0.15) is 0 Å². The maximum Gasteiger partial charge on any atom is 0.243 e.